The molecule has 2 amide bonds. The maximum atomic E-state index is 12.6. The van der Waals surface area contributed by atoms with E-state index in [-0.39, 0.29) is 0 Å². The molecule has 0 atom stereocenters. The van der Waals surface area contributed by atoms with Gasteiger partial charge in [0.25, 0.3) is 0 Å². The lowest BCUT2D eigenvalue weighted by molar-refractivity contribution is -0.113. The van der Waals surface area contributed by atoms with Gasteiger partial charge in [0, 0.05) is 17.2 Å². The Hall–Kier alpha value is -4.46. The molecule has 5 rings (SSSR count). The maximum absolute atomic E-state index is 12.6. The Labute approximate surface area is 221 Å². The van der Waals surface area contributed by atoms with Gasteiger partial charge in [0.1, 0.15) is 5.60 Å². The lowest BCUT2D eigenvalue weighted by Crippen LogP contribution is -2.52. The standard InChI is InChI=1S/C30H31N5O3/c1-29(2,3)38-28(37)33-30(16-7-17-30)22-12-10-21(11-13-22)27-24(20-8-5-4-6-9-20)18-26-32-19-23(35(26)34-27)14-15-25(31)36/h4-6,8-15,18-19H,7,16-17H2,1-3H3,(H2,31,36)(H,33,37)/b15-14+. The van der Waals surface area contributed by atoms with E-state index < -0.39 is 23.1 Å². The van der Waals surface area contributed by atoms with Crippen molar-refractivity contribution in [2.24, 2.45) is 5.73 Å². The number of fused-ring (bicyclic) bond motifs is 1. The minimum atomic E-state index is -0.560. The second-order valence-electron chi connectivity index (χ2n) is 10.6. The molecule has 0 unspecified atom stereocenters. The van der Waals surface area contributed by atoms with Gasteiger partial charge in [0.05, 0.1) is 23.1 Å². The van der Waals surface area contributed by atoms with Gasteiger partial charge in [-0.1, -0.05) is 54.6 Å². The van der Waals surface area contributed by atoms with Crippen LogP contribution in [0.25, 0.3) is 34.1 Å². The highest BCUT2D eigenvalue weighted by Gasteiger charge is 2.41. The predicted molar refractivity (Wildman–Crippen MR) is 147 cm³/mol. The summed E-state index contributed by atoms with van der Waals surface area (Å²) in [5, 5.41) is 8.05. The van der Waals surface area contributed by atoms with Crippen LogP contribution < -0.4 is 11.1 Å². The third kappa shape index (κ3) is 5.16. The van der Waals surface area contributed by atoms with Crippen LogP contribution in [0.5, 0.6) is 0 Å². The Morgan fingerprint density at radius 1 is 1.05 bits per heavy atom. The van der Waals surface area contributed by atoms with Crippen LogP contribution in [0.2, 0.25) is 0 Å². The van der Waals surface area contributed by atoms with Gasteiger partial charge in [-0.2, -0.15) is 5.10 Å². The van der Waals surface area contributed by atoms with E-state index in [1.807, 2.05) is 81.4 Å². The number of nitrogens with zero attached hydrogens (tertiary/aromatic N) is 3. The lowest BCUT2D eigenvalue weighted by Gasteiger charge is -2.43. The molecular weight excluding hydrogens is 478 g/mol. The number of ether oxygens (including phenoxy) is 1. The number of rotatable bonds is 6. The zero-order valence-corrected chi connectivity index (χ0v) is 21.8. The van der Waals surface area contributed by atoms with E-state index in [4.69, 9.17) is 15.6 Å². The van der Waals surface area contributed by atoms with Crippen LogP contribution in [0, 0.1) is 0 Å². The molecule has 1 aliphatic carbocycles. The maximum Gasteiger partial charge on any atom is 0.408 e. The molecule has 0 saturated heterocycles. The molecule has 2 aromatic carbocycles. The molecule has 0 aliphatic heterocycles. The fourth-order valence-corrected chi connectivity index (χ4v) is 4.73. The van der Waals surface area contributed by atoms with Crippen LogP contribution in [-0.2, 0) is 15.1 Å². The predicted octanol–water partition coefficient (Wildman–Crippen LogP) is 5.47. The lowest BCUT2D eigenvalue weighted by atomic mass is 9.71. The largest absolute Gasteiger partial charge is 0.444 e. The number of imidazole rings is 1. The highest BCUT2D eigenvalue weighted by atomic mass is 16.6. The third-order valence-corrected chi connectivity index (χ3v) is 6.68. The van der Waals surface area contributed by atoms with Crippen LogP contribution in [0.3, 0.4) is 0 Å². The molecule has 0 bridgehead atoms. The highest BCUT2D eigenvalue weighted by Crippen LogP contribution is 2.42. The number of nitrogens with one attached hydrogen (secondary N) is 1. The number of nitrogens with two attached hydrogens (primary N) is 1. The van der Waals surface area contributed by atoms with E-state index in [0.29, 0.717) is 11.3 Å². The monoisotopic (exact) mass is 509 g/mol. The van der Waals surface area contributed by atoms with Crippen molar-refractivity contribution < 1.29 is 14.3 Å². The molecule has 194 valence electrons. The van der Waals surface area contributed by atoms with Gasteiger partial charge in [0.2, 0.25) is 5.91 Å². The highest BCUT2D eigenvalue weighted by molar-refractivity contribution is 5.90. The second kappa shape index (κ2) is 9.78. The average molecular weight is 510 g/mol. The smallest absolute Gasteiger partial charge is 0.408 e. The molecule has 1 saturated carbocycles. The van der Waals surface area contributed by atoms with Gasteiger partial charge >= 0.3 is 6.09 Å². The second-order valence-corrected chi connectivity index (χ2v) is 10.6. The van der Waals surface area contributed by atoms with Crippen LogP contribution in [-0.4, -0.2) is 32.2 Å². The van der Waals surface area contributed by atoms with Crippen molar-refractivity contribution in [2.75, 3.05) is 0 Å². The van der Waals surface area contributed by atoms with Gasteiger partial charge in [0.15, 0.2) is 5.65 Å². The Balaban J connectivity index is 1.54. The van der Waals surface area contributed by atoms with E-state index in [9.17, 15) is 9.59 Å². The van der Waals surface area contributed by atoms with Crippen molar-refractivity contribution >= 4 is 23.7 Å². The molecular formula is C30H31N5O3. The molecule has 1 fully saturated rings. The number of aromatic nitrogens is 3. The molecule has 3 N–H and O–H groups in total. The summed E-state index contributed by atoms with van der Waals surface area (Å²) < 4.78 is 7.23. The van der Waals surface area contributed by atoms with Crippen LogP contribution in [0.15, 0.2) is 72.9 Å². The molecule has 8 heteroatoms. The minimum Gasteiger partial charge on any atom is -0.444 e. The Morgan fingerprint density at radius 3 is 2.37 bits per heavy atom. The summed E-state index contributed by atoms with van der Waals surface area (Å²) in [5.74, 6) is -0.540. The molecule has 8 nitrogen and oxygen atoms in total. The topological polar surface area (TPSA) is 112 Å². The summed E-state index contributed by atoms with van der Waals surface area (Å²) >= 11 is 0. The fraction of sp³-hybridized carbons (Fsp3) is 0.267. The first-order valence-electron chi connectivity index (χ1n) is 12.7. The van der Waals surface area contributed by atoms with Crippen LogP contribution in [0.4, 0.5) is 4.79 Å². The number of carbonyl (C=O) groups excluding carboxylic acids is 2. The molecule has 0 radical (unpaired) electrons. The van der Waals surface area contributed by atoms with Gasteiger partial charge in [-0.15, -0.1) is 0 Å². The number of benzene rings is 2. The van der Waals surface area contributed by atoms with Gasteiger partial charge in [-0.3, -0.25) is 4.79 Å². The number of hydrogen-bond donors (Lipinski definition) is 2. The van der Waals surface area contributed by atoms with Crippen molar-refractivity contribution in [2.45, 2.75) is 51.2 Å². The minimum absolute atomic E-state index is 0.406. The number of alkyl carbamates (subject to hydrolysis) is 1. The van der Waals surface area contributed by atoms with Crippen molar-refractivity contribution in [3.63, 3.8) is 0 Å². The number of carbonyl (C=O) groups is 2. The molecule has 38 heavy (non-hydrogen) atoms. The number of primary amides is 1. The molecule has 1 aliphatic rings. The van der Waals surface area contributed by atoms with Gasteiger partial charge in [-0.05, 0) is 63.3 Å². The zero-order valence-electron chi connectivity index (χ0n) is 21.8. The summed E-state index contributed by atoms with van der Waals surface area (Å²) in [6.07, 6.45) is 6.90. The first-order valence-corrected chi connectivity index (χ1v) is 12.7. The van der Waals surface area contributed by atoms with Crippen molar-refractivity contribution in [1.82, 2.24) is 19.9 Å². The molecule has 2 heterocycles. The Morgan fingerprint density at radius 2 is 1.76 bits per heavy atom. The normalized spacial score (nSPS) is 14.8. The fourth-order valence-electron chi connectivity index (χ4n) is 4.73. The SMILES string of the molecule is CC(C)(C)OC(=O)NC1(c2ccc(-c3nn4c(/C=C/C(N)=O)cnc4cc3-c3ccccc3)cc2)CCC1. The third-order valence-electron chi connectivity index (χ3n) is 6.68. The molecule has 0 spiro atoms. The van der Waals surface area contributed by atoms with E-state index in [0.717, 1.165) is 47.2 Å². The van der Waals surface area contributed by atoms with Crippen molar-refractivity contribution in [3.05, 3.63) is 84.2 Å². The van der Waals surface area contributed by atoms with E-state index in [1.165, 1.54) is 6.08 Å². The number of amides is 2. The van der Waals surface area contributed by atoms with E-state index >= 15 is 0 Å². The van der Waals surface area contributed by atoms with Gasteiger partial charge in [-0.25, -0.2) is 14.3 Å². The molecule has 2 aromatic heterocycles. The summed E-state index contributed by atoms with van der Waals surface area (Å²) in [4.78, 5) is 28.3. The zero-order chi connectivity index (χ0) is 26.9. The summed E-state index contributed by atoms with van der Waals surface area (Å²) in [6.45, 7) is 5.58. The van der Waals surface area contributed by atoms with E-state index in [2.05, 4.69) is 10.3 Å². The summed E-state index contributed by atoms with van der Waals surface area (Å²) in [5.41, 5.74) is 10.3. The Bertz CT molecular complexity index is 1510. The first kappa shape index (κ1) is 25.2. The van der Waals surface area contributed by atoms with Crippen molar-refractivity contribution in [1.29, 1.82) is 0 Å². The summed E-state index contributed by atoms with van der Waals surface area (Å²) in [6, 6.07) is 20.2. The van der Waals surface area contributed by atoms with Crippen LogP contribution in [0.1, 0.15) is 51.3 Å². The van der Waals surface area contributed by atoms with Crippen LogP contribution >= 0.6 is 0 Å². The average Bonchev–Trinajstić information content (AvgIpc) is 3.26. The summed E-state index contributed by atoms with van der Waals surface area (Å²) in [7, 11) is 0. The van der Waals surface area contributed by atoms with E-state index in [1.54, 1.807) is 16.8 Å². The number of hydrogen-bond acceptors (Lipinski definition) is 5. The quantitative estimate of drug-likeness (QED) is 0.335. The van der Waals surface area contributed by atoms with Crippen molar-refractivity contribution in [3.8, 4) is 22.4 Å². The van der Waals surface area contributed by atoms with Gasteiger partial charge < -0.3 is 15.8 Å². The Kier molecular flexibility index (Phi) is 6.48. The molecule has 4 aromatic rings. The first-order chi connectivity index (χ1) is 18.1.